The topological polar surface area (TPSA) is 18.5 Å². The second-order valence-electron chi connectivity index (χ2n) is 4.90. The second kappa shape index (κ2) is 5.91. The van der Waals surface area contributed by atoms with Crippen molar-refractivity contribution in [2.24, 2.45) is 0 Å². The van der Waals surface area contributed by atoms with Crippen LogP contribution in [0.5, 0.6) is 0 Å². The van der Waals surface area contributed by atoms with Gasteiger partial charge in [0.15, 0.2) is 0 Å². The molecule has 0 spiro atoms. The average molecular weight is 250 g/mol. The first-order valence-corrected chi connectivity index (χ1v) is 9.40. The summed E-state index contributed by atoms with van der Waals surface area (Å²) in [6.07, 6.45) is 0.900. The molecule has 0 aliphatic carbocycles. The summed E-state index contributed by atoms with van der Waals surface area (Å²) in [5, 5.41) is 0. The fourth-order valence-electron chi connectivity index (χ4n) is 1.61. The fourth-order valence-corrected chi connectivity index (χ4v) is 2.37. The van der Waals surface area contributed by atoms with Crippen LogP contribution in [0.2, 0.25) is 19.6 Å². The molecule has 17 heavy (non-hydrogen) atoms. The van der Waals surface area contributed by atoms with Crippen molar-refractivity contribution in [2.45, 2.75) is 33.0 Å². The van der Waals surface area contributed by atoms with Crippen LogP contribution in [0.1, 0.15) is 18.9 Å². The molecule has 0 radical (unpaired) electrons. The van der Waals surface area contributed by atoms with Gasteiger partial charge < -0.3 is 9.16 Å². The average Bonchev–Trinajstić information content (AvgIpc) is 2.28. The number of methoxy groups -OCH3 is 1. The van der Waals surface area contributed by atoms with Crippen LogP contribution in [-0.4, -0.2) is 15.4 Å². The molecule has 0 amide bonds. The lowest BCUT2D eigenvalue weighted by Gasteiger charge is -2.23. The standard InChI is InChI=1S/C14H22O2Si/c1-6-13(12-10-8-7-9-11-12)14(15-2)16-17(3,4)5/h7-11H,6H2,1-5H3/b14-13+. The largest absolute Gasteiger partial charge is 0.520 e. The molecule has 0 unspecified atom stereocenters. The zero-order valence-electron chi connectivity index (χ0n) is 11.4. The van der Waals surface area contributed by atoms with Crippen molar-refractivity contribution < 1.29 is 9.16 Å². The lowest BCUT2D eigenvalue weighted by molar-refractivity contribution is 0.149. The first kappa shape index (κ1) is 13.8. The van der Waals surface area contributed by atoms with Gasteiger partial charge in [-0.3, -0.25) is 0 Å². The van der Waals surface area contributed by atoms with Crippen molar-refractivity contribution in [3.8, 4) is 0 Å². The van der Waals surface area contributed by atoms with E-state index in [2.05, 4.69) is 38.7 Å². The van der Waals surface area contributed by atoms with Crippen LogP contribution in [0, 0.1) is 0 Å². The molecule has 0 aromatic heterocycles. The highest BCUT2D eigenvalue weighted by molar-refractivity contribution is 6.70. The smallest absolute Gasteiger partial charge is 0.268 e. The lowest BCUT2D eigenvalue weighted by atomic mass is 10.0. The molecule has 0 saturated heterocycles. The van der Waals surface area contributed by atoms with Crippen LogP contribution in [0.3, 0.4) is 0 Å². The van der Waals surface area contributed by atoms with Crippen LogP contribution >= 0.6 is 0 Å². The second-order valence-corrected chi connectivity index (χ2v) is 9.33. The van der Waals surface area contributed by atoms with E-state index in [4.69, 9.17) is 9.16 Å². The van der Waals surface area contributed by atoms with Crippen LogP contribution in [0.25, 0.3) is 5.57 Å². The Kier molecular flexibility index (Phi) is 4.81. The highest BCUT2D eigenvalue weighted by Crippen LogP contribution is 2.25. The first-order valence-electron chi connectivity index (χ1n) is 5.99. The van der Waals surface area contributed by atoms with Gasteiger partial charge in [-0.25, -0.2) is 0 Å². The molecule has 0 aliphatic rings. The fraction of sp³-hybridized carbons (Fsp3) is 0.429. The molecule has 0 bridgehead atoms. The molecule has 3 heteroatoms. The number of benzene rings is 1. The van der Waals surface area contributed by atoms with E-state index in [0.717, 1.165) is 12.0 Å². The van der Waals surface area contributed by atoms with E-state index in [1.807, 2.05) is 18.2 Å². The number of hydrogen-bond donors (Lipinski definition) is 0. The van der Waals surface area contributed by atoms with E-state index < -0.39 is 8.32 Å². The van der Waals surface area contributed by atoms with Gasteiger partial charge in [0.05, 0.1) is 7.11 Å². The van der Waals surface area contributed by atoms with E-state index in [1.165, 1.54) is 5.56 Å². The van der Waals surface area contributed by atoms with Crippen LogP contribution in [0.4, 0.5) is 0 Å². The first-order chi connectivity index (χ1) is 7.98. The molecule has 1 aromatic carbocycles. The van der Waals surface area contributed by atoms with E-state index in [-0.39, 0.29) is 0 Å². The molecular weight excluding hydrogens is 228 g/mol. The van der Waals surface area contributed by atoms with Gasteiger partial charge in [-0.05, 0) is 31.6 Å². The Balaban J connectivity index is 3.11. The number of ether oxygens (including phenoxy) is 1. The van der Waals surface area contributed by atoms with Gasteiger partial charge in [-0.2, -0.15) is 0 Å². The van der Waals surface area contributed by atoms with E-state index in [1.54, 1.807) is 7.11 Å². The van der Waals surface area contributed by atoms with Crippen molar-refractivity contribution in [2.75, 3.05) is 7.11 Å². The highest BCUT2D eigenvalue weighted by Gasteiger charge is 2.21. The van der Waals surface area contributed by atoms with Crippen molar-refractivity contribution in [3.63, 3.8) is 0 Å². The van der Waals surface area contributed by atoms with Crippen molar-refractivity contribution in [1.82, 2.24) is 0 Å². The van der Waals surface area contributed by atoms with Gasteiger partial charge in [-0.15, -0.1) is 0 Å². The Hall–Kier alpha value is -1.22. The molecule has 0 heterocycles. The normalized spacial score (nSPS) is 13.0. The van der Waals surface area contributed by atoms with Crippen molar-refractivity contribution in [1.29, 1.82) is 0 Å². The summed E-state index contributed by atoms with van der Waals surface area (Å²) in [7, 11) is 0.0386. The Bertz CT molecular complexity index is 377. The third kappa shape index (κ3) is 4.27. The predicted molar refractivity (Wildman–Crippen MR) is 75.1 cm³/mol. The van der Waals surface area contributed by atoms with Gasteiger partial charge >= 0.3 is 0 Å². The molecule has 0 aliphatic heterocycles. The maximum Gasteiger partial charge on any atom is 0.268 e. The number of rotatable bonds is 5. The Morgan fingerprint density at radius 1 is 1.12 bits per heavy atom. The molecular formula is C14H22O2Si. The zero-order chi connectivity index (χ0) is 12.9. The minimum Gasteiger partial charge on any atom is -0.520 e. The molecule has 94 valence electrons. The van der Waals surface area contributed by atoms with Crippen LogP contribution in [-0.2, 0) is 9.16 Å². The molecule has 1 rings (SSSR count). The molecule has 0 atom stereocenters. The van der Waals surface area contributed by atoms with Crippen LogP contribution < -0.4 is 0 Å². The maximum absolute atomic E-state index is 5.99. The zero-order valence-corrected chi connectivity index (χ0v) is 12.4. The van der Waals surface area contributed by atoms with Crippen LogP contribution in [0.15, 0.2) is 36.3 Å². The van der Waals surface area contributed by atoms with E-state index in [0.29, 0.717) is 5.95 Å². The van der Waals surface area contributed by atoms with Crippen molar-refractivity contribution in [3.05, 3.63) is 41.8 Å². The monoisotopic (exact) mass is 250 g/mol. The third-order valence-corrected chi connectivity index (χ3v) is 3.10. The summed E-state index contributed by atoms with van der Waals surface area (Å²) in [6, 6.07) is 10.3. The van der Waals surface area contributed by atoms with Crippen molar-refractivity contribution >= 4 is 13.9 Å². The lowest BCUT2D eigenvalue weighted by Crippen LogP contribution is -2.26. The summed E-state index contributed by atoms with van der Waals surface area (Å²) in [5.74, 6) is 0.679. The maximum atomic E-state index is 5.99. The van der Waals surface area contributed by atoms with Gasteiger partial charge in [-0.1, -0.05) is 37.3 Å². The van der Waals surface area contributed by atoms with E-state index in [9.17, 15) is 0 Å². The molecule has 0 saturated carbocycles. The number of allylic oxidation sites excluding steroid dienone is 1. The molecule has 0 N–H and O–H groups in total. The summed E-state index contributed by atoms with van der Waals surface area (Å²) < 4.78 is 11.4. The summed E-state index contributed by atoms with van der Waals surface area (Å²) >= 11 is 0. The summed E-state index contributed by atoms with van der Waals surface area (Å²) in [4.78, 5) is 0. The molecule has 0 fully saturated rings. The minimum absolute atomic E-state index is 0.679. The minimum atomic E-state index is -1.64. The van der Waals surface area contributed by atoms with Gasteiger partial charge in [0.25, 0.3) is 5.95 Å². The summed E-state index contributed by atoms with van der Waals surface area (Å²) in [5.41, 5.74) is 2.31. The third-order valence-electron chi connectivity index (χ3n) is 2.31. The SMILES string of the molecule is CC/C(=C(/OC)O[Si](C)(C)C)c1ccccc1. The Morgan fingerprint density at radius 2 is 1.71 bits per heavy atom. The van der Waals surface area contributed by atoms with E-state index >= 15 is 0 Å². The predicted octanol–water partition coefficient (Wildman–Crippen LogP) is 4.26. The molecule has 1 aromatic rings. The van der Waals surface area contributed by atoms with Gasteiger partial charge in [0, 0.05) is 5.57 Å². The summed E-state index contributed by atoms with van der Waals surface area (Å²) in [6.45, 7) is 8.59. The Labute approximate surface area is 105 Å². The quantitative estimate of drug-likeness (QED) is 0.574. The Morgan fingerprint density at radius 3 is 2.12 bits per heavy atom. The highest BCUT2D eigenvalue weighted by atomic mass is 28.4. The van der Waals surface area contributed by atoms with Gasteiger partial charge in [0.2, 0.25) is 8.32 Å². The number of hydrogen-bond acceptors (Lipinski definition) is 2. The van der Waals surface area contributed by atoms with Gasteiger partial charge in [0.1, 0.15) is 0 Å². The molecule has 2 nitrogen and oxygen atoms in total.